The fourth-order valence-corrected chi connectivity index (χ4v) is 3.72. The third-order valence-electron chi connectivity index (χ3n) is 3.07. The summed E-state index contributed by atoms with van der Waals surface area (Å²) in [5.74, 6) is 0.599. The molecular formula is C12H15NO4S. The number of ether oxygens (including phenoxy) is 1. The summed E-state index contributed by atoms with van der Waals surface area (Å²) in [7, 11) is -2.06. The molecule has 1 aliphatic rings. The first-order valence-corrected chi connectivity index (χ1v) is 7.15. The van der Waals surface area contributed by atoms with Crippen LogP contribution in [0.4, 0.5) is 0 Å². The van der Waals surface area contributed by atoms with E-state index in [2.05, 4.69) is 0 Å². The molecule has 1 aromatic carbocycles. The lowest BCUT2D eigenvalue weighted by atomic mass is 10.2. The number of rotatable bonds is 4. The molecule has 1 atom stereocenters. The van der Waals surface area contributed by atoms with Gasteiger partial charge in [-0.1, -0.05) is 0 Å². The molecule has 5 nitrogen and oxygen atoms in total. The highest BCUT2D eigenvalue weighted by molar-refractivity contribution is 7.89. The van der Waals surface area contributed by atoms with Crippen LogP contribution in [0.15, 0.2) is 29.2 Å². The van der Waals surface area contributed by atoms with Crippen molar-refractivity contribution >= 4 is 16.3 Å². The molecule has 1 heterocycles. The van der Waals surface area contributed by atoms with Crippen LogP contribution in [0.2, 0.25) is 0 Å². The molecule has 2 rings (SSSR count). The van der Waals surface area contributed by atoms with E-state index in [0.29, 0.717) is 25.0 Å². The van der Waals surface area contributed by atoms with Crippen LogP contribution in [0.25, 0.3) is 0 Å². The Morgan fingerprint density at radius 1 is 1.33 bits per heavy atom. The van der Waals surface area contributed by atoms with Gasteiger partial charge in [-0.05, 0) is 37.1 Å². The van der Waals surface area contributed by atoms with Crippen molar-refractivity contribution in [2.24, 2.45) is 0 Å². The average molecular weight is 269 g/mol. The van der Waals surface area contributed by atoms with Gasteiger partial charge in [-0.25, -0.2) is 8.42 Å². The van der Waals surface area contributed by atoms with Crippen molar-refractivity contribution in [3.05, 3.63) is 24.3 Å². The van der Waals surface area contributed by atoms with Crippen molar-refractivity contribution in [1.29, 1.82) is 0 Å². The lowest BCUT2D eigenvalue weighted by molar-refractivity contribution is -0.110. The second-order valence-electron chi connectivity index (χ2n) is 4.14. The summed E-state index contributed by atoms with van der Waals surface area (Å²) in [5.41, 5.74) is 0. The van der Waals surface area contributed by atoms with Crippen LogP contribution < -0.4 is 4.74 Å². The van der Waals surface area contributed by atoms with Gasteiger partial charge in [-0.3, -0.25) is 0 Å². The van der Waals surface area contributed by atoms with E-state index >= 15 is 0 Å². The minimum atomic E-state index is -3.58. The maximum atomic E-state index is 12.3. The van der Waals surface area contributed by atoms with Crippen molar-refractivity contribution in [3.8, 4) is 5.75 Å². The van der Waals surface area contributed by atoms with Gasteiger partial charge >= 0.3 is 0 Å². The van der Waals surface area contributed by atoms with Crippen molar-refractivity contribution in [2.45, 2.75) is 23.8 Å². The number of carbonyl (C=O) groups is 1. The van der Waals surface area contributed by atoms with Crippen LogP contribution in [-0.2, 0) is 14.8 Å². The summed E-state index contributed by atoms with van der Waals surface area (Å²) in [6.45, 7) is 0.401. The largest absolute Gasteiger partial charge is 0.497 e. The molecule has 0 amide bonds. The van der Waals surface area contributed by atoms with Gasteiger partial charge in [0.25, 0.3) is 0 Å². The molecule has 0 saturated carbocycles. The smallest absolute Gasteiger partial charge is 0.243 e. The highest BCUT2D eigenvalue weighted by atomic mass is 32.2. The Morgan fingerprint density at radius 3 is 2.56 bits per heavy atom. The summed E-state index contributed by atoms with van der Waals surface area (Å²) < 4.78 is 30.9. The Balaban J connectivity index is 2.32. The summed E-state index contributed by atoms with van der Waals surface area (Å²) in [4.78, 5) is 11.1. The molecule has 98 valence electrons. The molecule has 6 heteroatoms. The summed E-state index contributed by atoms with van der Waals surface area (Å²) in [6.07, 6.45) is 2.02. The molecular weight excluding hydrogens is 254 g/mol. The minimum absolute atomic E-state index is 0.192. The lowest BCUT2D eigenvalue weighted by Crippen LogP contribution is -2.36. The number of aldehydes is 1. The minimum Gasteiger partial charge on any atom is -0.497 e. The molecule has 0 N–H and O–H groups in total. The Morgan fingerprint density at radius 2 is 2.00 bits per heavy atom. The van der Waals surface area contributed by atoms with E-state index < -0.39 is 16.1 Å². The third-order valence-corrected chi connectivity index (χ3v) is 5.01. The summed E-state index contributed by atoms with van der Waals surface area (Å²) in [6, 6.07) is 5.65. The number of hydrogen-bond donors (Lipinski definition) is 0. The Kier molecular flexibility index (Phi) is 3.68. The first-order chi connectivity index (χ1) is 8.59. The second kappa shape index (κ2) is 5.07. The van der Waals surface area contributed by atoms with E-state index in [0.717, 1.165) is 6.42 Å². The zero-order valence-electron chi connectivity index (χ0n) is 10.1. The van der Waals surface area contributed by atoms with Gasteiger partial charge in [-0.2, -0.15) is 4.31 Å². The van der Waals surface area contributed by atoms with Gasteiger partial charge < -0.3 is 9.53 Å². The van der Waals surface area contributed by atoms with Gasteiger partial charge in [0.2, 0.25) is 10.0 Å². The van der Waals surface area contributed by atoms with Crippen molar-refractivity contribution in [1.82, 2.24) is 4.31 Å². The van der Waals surface area contributed by atoms with Crippen LogP contribution in [0, 0.1) is 0 Å². The standard InChI is InChI=1S/C12H15NO4S/c1-17-11-4-6-12(7-5-11)18(15,16)13-8-2-3-10(13)9-14/h4-7,9-10H,2-3,8H2,1H3. The molecule has 1 unspecified atom stereocenters. The number of nitrogens with zero attached hydrogens (tertiary/aromatic N) is 1. The van der Waals surface area contributed by atoms with Crippen LogP contribution in [0.3, 0.4) is 0 Å². The number of sulfonamides is 1. The zero-order chi connectivity index (χ0) is 13.2. The van der Waals surface area contributed by atoms with Crippen molar-refractivity contribution < 1.29 is 17.9 Å². The Hall–Kier alpha value is -1.40. The highest BCUT2D eigenvalue weighted by Crippen LogP contribution is 2.26. The van der Waals surface area contributed by atoms with E-state index in [9.17, 15) is 13.2 Å². The molecule has 0 aliphatic carbocycles. The SMILES string of the molecule is COc1ccc(S(=O)(=O)N2CCCC2C=O)cc1. The van der Waals surface area contributed by atoms with E-state index in [1.54, 1.807) is 12.1 Å². The van der Waals surface area contributed by atoms with Crippen LogP contribution in [-0.4, -0.2) is 38.7 Å². The van der Waals surface area contributed by atoms with Crippen LogP contribution in [0.5, 0.6) is 5.75 Å². The predicted molar refractivity (Wildman–Crippen MR) is 66.0 cm³/mol. The molecule has 1 fully saturated rings. The normalized spacial score (nSPS) is 20.8. The van der Waals surface area contributed by atoms with E-state index in [1.807, 2.05) is 0 Å². The average Bonchev–Trinajstić information content (AvgIpc) is 2.88. The van der Waals surface area contributed by atoms with Gasteiger partial charge in [-0.15, -0.1) is 0 Å². The van der Waals surface area contributed by atoms with E-state index in [4.69, 9.17) is 4.74 Å². The monoisotopic (exact) mass is 269 g/mol. The third kappa shape index (κ3) is 2.26. The number of methoxy groups -OCH3 is 1. The fraction of sp³-hybridized carbons (Fsp3) is 0.417. The van der Waals surface area contributed by atoms with Crippen molar-refractivity contribution in [3.63, 3.8) is 0 Å². The predicted octanol–water partition coefficient (Wildman–Crippen LogP) is 1.05. The second-order valence-corrected chi connectivity index (χ2v) is 6.03. The summed E-state index contributed by atoms with van der Waals surface area (Å²) >= 11 is 0. The maximum absolute atomic E-state index is 12.3. The van der Waals surface area contributed by atoms with E-state index in [-0.39, 0.29) is 4.90 Å². The summed E-state index contributed by atoms with van der Waals surface area (Å²) in [5, 5.41) is 0. The quantitative estimate of drug-likeness (QED) is 0.766. The molecule has 0 spiro atoms. The fourth-order valence-electron chi connectivity index (χ4n) is 2.08. The van der Waals surface area contributed by atoms with Gasteiger partial charge in [0, 0.05) is 6.54 Å². The first kappa shape index (κ1) is 13.0. The topological polar surface area (TPSA) is 63.7 Å². The van der Waals surface area contributed by atoms with Crippen LogP contribution in [0.1, 0.15) is 12.8 Å². The molecule has 1 aliphatic heterocycles. The lowest BCUT2D eigenvalue weighted by Gasteiger charge is -2.20. The molecule has 1 saturated heterocycles. The molecule has 1 aromatic rings. The molecule has 0 bridgehead atoms. The molecule has 18 heavy (non-hydrogen) atoms. The Labute approximate surface area is 106 Å². The van der Waals surface area contributed by atoms with Crippen molar-refractivity contribution in [2.75, 3.05) is 13.7 Å². The van der Waals surface area contributed by atoms with Gasteiger partial charge in [0.1, 0.15) is 12.0 Å². The van der Waals surface area contributed by atoms with Gasteiger partial charge in [0.05, 0.1) is 18.0 Å². The molecule has 0 radical (unpaired) electrons. The Bertz CT molecular complexity index is 524. The van der Waals surface area contributed by atoms with Crippen LogP contribution >= 0.6 is 0 Å². The highest BCUT2D eigenvalue weighted by Gasteiger charge is 2.34. The molecule has 0 aromatic heterocycles. The number of carbonyl (C=O) groups excluding carboxylic acids is 1. The maximum Gasteiger partial charge on any atom is 0.243 e. The van der Waals surface area contributed by atoms with E-state index in [1.165, 1.54) is 23.5 Å². The zero-order valence-corrected chi connectivity index (χ0v) is 10.9. The van der Waals surface area contributed by atoms with Gasteiger partial charge in [0.15, 0.2) is 0 Å². The first-order valence-electron chi connectivity index (χ1n) is 5.71. The number of benzene rings is 1. The number of hydrogen-bond acceptors (Lipinski definition) is 4.